The lowest BCUT2D eigenvalue weighted by atomic mass is 10.2. The van der Waals surface area contributed by atoms with Gasteiger partial charge in [-0.05, 0) is 34.1 Å². The predicted octanol–water partition coefficient (Wildman–Crippen LogP) is 4.65. The van der Waals surface area contributed by atoms with Crippen LogP contribution in [0.4, 0.5) is 24.2 Å². The lowest BCUT2D eigenvalue weighted by molar-refractivity contribution is -0.145. The molecule has 0 aromatic heterocycles. The van der Waals surface area contributed by atoms with Crippen LogP contribution in [0.15, 0.2) is 11.5 Å². The highest BCUT2D eigenvalue weighted by Crippen LogP contribution is 2.98. The summed E-state index contributed by atoms with van der Waals surface area (Å²) in [7, 11) is -9.73. The zero-order chi connectivity index (χ0) is 18.6. The number of ether oxygens (including phenoxy) is 2. The van der Waals surface area contributed by atoms with Crippen molar-refractivity contribution < 1.29 is 38.5 Å². The van der Waals surface area contributed by atoms with E-state index in [9.17, 15) is 29.0 Å². The summed E-state index contributed by atoms with van der Waals surface area (Å²) >= 11 is 0. The van der Waals surface area contributed by atoms with Crippen molar-refractivity contribution in [1.29, 1.82) is 0 Å². The van der Waals surface area contributed by atoms with E-state index in [0.29, 0.717) is 0 Å². The van der Waals surface area contributed by atoms with Crippen LogP contribution in [0, 0.1) is 0 Å². The summed E-state index contributed by atoms with van der Waals surface area (Å²) in [6, 6.07) is -1.58. The molecule has 0 aliphatic heterocycles. The number of hydrogen-bond donors (Lipinski definition) is 1. The van der Waals surface area contributed by atoms with E-state index in [-0.39, 0.29) is 12.7 Å². The fraction of sp³-hybridized carbons (Fsp3) is 0.667. The molecule has 0 saturated carbocycles. The first-order chi connectivity index (χ1) is 9.92. The van der Waals surface area contributed by atoms with Crippen LogP contribution >= 0.6 is 10.2 Å². The number of amides is 1. The van der Waals surface area contributed by atoms with Crippen molar-refractivity contribution in [3.8, 4) is 0 Å². The minimum atomic E-state index is -9.73. The molecule has 23 heavy (non-hydrogen) atoms. The lowest BCUT2D eigenvalue weighted by Crippen LogP contribution is -2.44. The third kappa shape index (κ3) is 12.7. The average molecular weight is 369 g/mol. The highest BCUT2D eigenvalue weighted by atomic mass is 32.5. The van der Waals surface area contributed by atoms with Gasteiger partial charge in [-0.3, -0.25) is 0 Å². The number of carbonyl (C=O) groups excluding carboxylic acids is 2. The summed E-state index contributed by atoms with van der Waals surface area (Å²) in [5.41, 5.74) is -0.914. The van der Waals surface area contributed by atoms with Crippen LogP contribution in [0.25, 0.3) is 0 Å². The number of alkyl carbamates (subject to hydrolysis) is 1. The molecule has 0 fully saturated rings. The Bertz CT molecular complexity index is 483. The van der Waals surface area contributed by atoms with E-state index in [1.54, 1.807) is 0 Å². The maximum atomic E-state index is 12.2. The van der Waals surface area contributed by atoms with E-state index in [2.05, 4.69) is 4.74 Å². The summed E-state index contributed by atoms with van der Waals surface area (Å²) in [4.78, 5) is 23.1. The summed E-state index contributed by atoms with van der Waals surface area (Å²) in [5.74, 6) is -1.06. The first-order valence-electron chi connectivity index (χ1n) is 6.50. The van der Waals surface area contributed by atoms with Gasteiger partial charge in [-0.2, -0.15) is 0 Å². The van der Waals surface area contributed by atoms with Gasteiger partial charge in [-0.15, -0.1) is 0 Å². The molecule has 0 spiro atoms. The number of esters is 1. The van der Waals surface area contributed by atoms with Crippen molar-refractivity contribution in [3.05, 3.63) is 11.5 Å². The Morgan fingerprint density at radius 3 is 2.09 bits per heavy atom. The van der Waals surface area contributed by atoms with Gasteiger partial charge in [0.2, 0.25) is 0 Å². The van der Waals surface area contributed by atoms with Gasteiger partial charge in [0.15, 0.2) is 0 Å². The van der Waals surface area contributed by atoms with Gasteiger partial charge in [-0.25, -0.2) is 9.59 Å². The van der Waals surface area contributed by atoms with Crippen molar-refractivity contribution in [2.24, 2.45) is 0 Å². The molecule has 0 bridgehead atoms. The molecule has 138 valence electrons. The summed E-state index contributed by atoms with van der Waals surface area (Å²) in [6.07, 6.45) is -1.85. The second kappa shape index (κ2) is 6.17. The lowest BCUT2D eigenvalue weighted by Gasteiger charge is -2.36. The normalized spacial score (nSPS) is 17.1. The van der Waals surface area contributed by atoms with E-state index < -0.39 is 45.8 Å². The molecule has 0 saturated heterocycles. The molecule has 0 aromatic carbocycles. The SMILES string of the molecule is CCOC(=O)C(CC=CS(F)(F)(F)(F)F)NC(=O)OC(C)(C)C. The molecule has 1 unspecified atom stereocenters. The van der Waals surface area contributed by atoms with E-state index in [4.69, 9.17) is 4.74 Å². The van der Waals surface area contributed by atoms with Gasteiger partial charge in [0.05, 0.1) is 12.0 Å². The summed E-state index contributed by atoms with van der Waals surface area (Å²) in [5, 5.41) is 0.806. The van der Waals surface area contributed by atoms with Crippen molar-refractivity contribution in [2.75, 3.05) is 6.61 Å². The maximum Gasteiger partial charge on any atom is 0.408 e. The quantitative estimate of drug-likeness (QED) is 0.547. The van der Waals surface area contributed by atoms with Crippen molar-refractivity contribution in [2.45, 2.75) is 45.8 Å². The Labute approximate surface area is 130 Å². The zero-order valence-electron chi connectivity index (χ0n) is 13.1. The Balaban J connectivity index is 5.02. The molecule has 0 aliphatic rings. The standard InChI is InChI=1S/C12H20F5NO4S/c1-5-21-10(19)9(18-11(20)22-12(2,3)4)7-6-8-23(13,14,15,16)17/h6,8-9H,5,7H2,1-4H3,(H,18,20). The number of carbonyl (C=O) groups is 2. The van der Waals surface area contributed by atoms with Crippen LogP contribution in [0.3, 0.4) is 0 Å². The largest absolute Gasteiger partial charge is 0.464 e. The van der Waals surface area contributed by atoms with Gasteiger partial charge in [0.25, 0.3) is 0 Å². The first kappa shape index (κ1) is 21.5. The number of nitrogens with one attached hydrogen (secondary N) is 1. The zero-order valence-corrected chi connectivity index (χ0v) is 13.9. The molecule has 5 nitrogen and oxygen atoms in total. The smallest absolute Gasteiger partial charge is 0.408 e. The van der Waals surface area contributed by atoms with Gasteiger partial charge in [0, 0.05) is 0 Å². The molecule has 0 rings (SSSR count). The Kier molecular flexibility index (Phi) is 5.77. The first-order valence-corrected chi connectivity index (χ1v) is 8.52. The Hall–Kier alpha value is -1.52. The van der Waals surface area contributed by atoms with E-state index in [1.807, 2.05) is 5.32 Å². The van der Waals surface area contributed by atoms with Gasteiger partial charge >= 0.3 is 22.3 Å². The van der Waals surface area contributed by atoms with Gasteiger partial charge < -0.3 is 14.8 Å². The van der Waals surface area contributed by atoms with Crippen LogP contribution in [-0.2, 0) is 14.3 Å². The van der Waals surface area contributed by atoms with Crippen LogP contribution < -0.4 is 5.32 Å². The monoisotopic (exact) mass is 369 g/mol. The molecule has 1 amide bonds. The van der Waals surface area contributed by atoms with Gasteiger partial charge in [-0.1, -0.05) is 25.5 Å². The molecule has 0 radical (unpaired) electrons. The molecular formula is C12H20F5NO4S. The Morgan fingerprint density at radius 1 is 1.17 bits per heavy atom. The van der Waals surface area contributed by atoms with Crippen LogP contribution in [0.5, 0.6) is 0 Å². The fourth-order valence-electron chi connectivity index (χ4n) is 1.28. The van der Waals surface area contributed by atoms with Crippen molar-refractivity contribution in [1.82, 2.24) is 5.32 Å². The number of hydrogen-bond acceptors (Lipinski definition) is 4. The highest BCUT2D eigenvalue weighted by Gasteiger charge is 2.60. The Morgan fingerprint density at radius 2 is 1.70 bits per heavy atom. The molecule has 11 heteroatoms. The molecule has 0 aliphatic carbocycles. The molecule has 1 N–H and O–H groups in total. The third-order valence-electron chi connectivity index (χ3n) is 1.99. The highest BCUT2D eigenvalue weighted by molar-refractivity contribution is 8.48. The average Bonchev–Trinajstić information content (AvgIpc) is 2.21. The van der Waals surface area contributed by atoms with Crippen LogP contribution in [0.2, 0.25) is 0 Å². The minimum Gasteiger partial charge on any atom is -0.464 e. The van der Waals surface area contributed by atoms with Crippen LogP contribution in [-0.4, -0.2) is 30.3 Å². The summed E-state index contributed by atoms with van der Waals surface area (Å²) in [6.45, 7) is 5.92. The van der Waals surface area contributed by atoms with Crippen molar-refractivity contribution >= 4 is 22.3 Å². The van der Waals surface area contributed by atoms with Gasteiger partial charge in [0.1, 0.15) is 11.6 Å². The second-order valence-corrected chi connectivity index (χ2v) is 7.92. The molecular weight excluding hydrogens is 349 g/mol. The van der Waals surface area contributed by atoms with E-state index in [0.717, 1.165) is 0 Å². The predicted molar refractivity (Wildman–Crippen MR) is 76.7 cm³/mol. The third-order valence-corrected chi connectivity index (χ3v) is 2.69. The van der Waals surface area contributed by atoms with Crippen LogP contribution in [0.1, 0.15) is 34.1 Å². The minimum absolute atomic E-state index is 0.0700. The van der Waals surface area contributed by atoms with E-state index in [1.165, 1.54) is 27.7 Å². The molecule has 0 heterocycles. The number of halogens is 5. The number of rotatable bonds is 6. The molecule has 1 atom stereocenters. The summed E-state index contributed by atoms with van der Waals surface area (Å²) < 4.78 is 70.3. The fourth-order valence-corrected chi connectivity index (χ4v) is 1.76. The topological polar surface area (TPSA) is 64.6 Å². The van der Waals surface area contributed by atoms with E-state index >= 15 is 0 Å². The molecule has 0 aromatic rings. The van der Waals surface area contributed by atoms with Crippen molar-refractivity contribution in [3.63, 3.8) is 0 Å². The maximum absolute atomic E-state index is 12.2. The second-order valence-electron chi connectivity index (χ2n) is 5.59.